The lowest BCUT2D eigenvalue weighted by Gasteiger charge is -2.06. The molecule has 12 heavy (non-hydrogen) atoms. The van der Waals surface area contributed by atoms with E-state index in [0.717, 1.165) is 17.7 Å². The van der Waals surface area contributed by atoms with E-state index in [9.17, 15) is 0 Å². The van der Waals surface area contributed by atoms with Gasteiger partial charge < -0.3 is 0 Å². The fourth-order valence-electron chi connectivity index (χ4n) is 1.06. The Labute approximate surface area is 78.8 Å². The van der Waals surface area contributed by atoms with Crippen LogP contribution in [-0.4, -0.2) is 4.98 Å². The minimum atomic E-state index is 0.452. The molecule has 0 fully saturated rings. The molecule has 0 amide bonds. The second kappa shape index (κ2) is 3.90. The molecule has 1 heterocycles. The second-order valence-corrected chi connectivity index (χ2v) is 3.55. The average Bonchev–Trinajstić information content (AvgIpc) is 2.04. The van der Waals surface area contributed by atoms with Crippen molar-refractivity contribution >= 4 is 11.6 Å². The summed E-state index contributed by atoms with van der Waals surface area (Å²) in [5, 5.41) is 0.656. The summed E-state index contributed by atoms with van der Waals surface area (Å²) in [6.45, 7) is 6.31. The van der Waals surface area contributed by atoms with Crippen molar-refractivity contribution in [3.8, 4) is 0 Å². The molecule has 0 aromatic carbocycles. The fourth-order valence-corrected chi connectivity index (χ4v) is 1.36. The molecule has 1 nitrogen and oxygen atoms in total. The molecule has 0 unspecified atom stereocenters. The molecule has 1 aromatic rings. The van der Waals surface area contributed by atoms with Crippen molar-refractivity contribution in [1.29, 1.82) is 0 Å². The molecule has 0 saturated heterocycles. The Kier molecular flexibility index (Phi) is 3.10. The number of aromatic nitrogens is 1. The number of nitrogens with zero attached hydrogens (tertiary/aromatic N) is 1. The molecular weight excluding hydrogens is 170 g/mol. The number of hydrogen-bond donors (Lipinski definition) is 0. The number of rotatable bonds is 2. The quantitative estimate of drug-likeness (QED) is 0.641. The van der Waals surface area contributed by atoms with E-state index in [0.29, 0.717) is 11.1 Å². The van der Waals surface area contributed by atoms with Crippen LogP contribution in [0.2, 0.25) is 5.15 Å². The second-order valence-electron chi connectivity index (χ2n) is 3.19. The zero-order valence-corrected chi connectivity index (χ0v) is 8.52. The molecule has 0 radical (unpaired) electrons. The predicted molar refractivity (Wildman–Crippen MR) is 52.7 cm³/mol. The van der Waals surface area contributed by atoms with E-state index < -0.39 is 0 Å². The average molecular weight is 184 g/mol. The van der Waals surface area contributed by atoms with Gasteiger partial charge in [-0.2, -0.15) is 0 Å². The minimum Gasteiger partial charge on any atom is -0.241 e. The zero-order chi connectivity index (χ0) is 9.14. The van der Waals surface area contributed by atoms with Gasteiger partial charge in [-0.05, 0) is 24.0 Å². The Morgan fingerprint density at radius 3 is 2.50 bits per heavy atom. The molecule has 0 spiro atoms. The van der Waals surface area contributed by atoms with Crippen molar-refractivity contribution in [3.05, 3.63) is 28.5 Å². The third-order valence-corrected chi connectivity index (χ3v) is 2.25. The first-order chi connectivity index (χ1) is 5.65. The zero-order valence-electron chi connectivity index (χ0n) is 7.76. The van der Waals surface area contributed by atoms with Gasteiger partial charge in [0.25, 0.3) is 0 Å². The predicted octanol–water partition coefficient (Wildman–Crippen LogP) is 3.42. The van der Waals surface area contributed by atoms with Gasteiger partial charge in [0.05, 0.1) is 0 Å². The summed E-state index contributed by atoms with van der Waals surface area (Å²) in [5.74, 6) is 0.452. The first-order valence-corrected chi connectivity index (χ1v) is 4.68. The highest BCUT2D eigenvalue weighted by Crippen LogP contribution is 2.18. The molecule has 0 atom stereocenters. The van der Waals surface area contributed by atoms with Crippen LogP contribution in [0.1, 0.15) is 37.9 Å². The molecule has 0 aliphatic rings. The van der Waals surface area contributed by atoms with E-state index >= 15 is 0 Å². The monoisotopic (exact) mass is 183 g/mol. The van der Waals surface area contributed by atoms with Crippen molar-refractivity contribution in [3.63, 3.8) is 0 Å². The highest BCUT2D eigenvalue weighted by atomic mass is 35.5. The molecule has 1 rings (SSSR count). The van der Waals surface area contributed by atoms with Gasteiger partial charge in [-0.25, -0.2) is 4.98 Å². The Hall–Kier alpha value is -0.560. The Morgan fingerprint density at radius 1 is 1.42 bits per heavy atom. The third-order valence-electron chi connectivity index (χ3n) is 1.92. The maximum absolute atomic E-state index is 5.96. The lowest BCUT2D eigenvalue weighted by Crippen LogP contribution is -1.95. The molecule has 1 aromatic heterocycles. The van der Waals surface area contributed by atoms with Gasteiger partial charge in [-0.3, -0.25) is 0 Å². The SMILES string of the molecule is CCc1ccc(C(C)C)nc1Cl. The van der Waals surface area contributed by atoms with Crippen LogP contribution in [0.15, 0.2) is 12.1 Å². The smallest absolute Gasteiger partial charge is 0.132 e. The largest absolute Gasteiger partial charge is 0.241 e. The first kappa shape index (κ1) is 9.53. The van der Waals surface area contributed by atoms with Gasteiger partial charge in [0.15, 0.2) is 0 Å². The summed E-state index contributed by atoms with van der Waals surface area (Å²) in [6, 6.07) is 4.11. The topological polar surface area (TPSA) is 12.9 Å². The molecule has 0 bridgehead atoms. The van der Waals surface area contributed by atoms with Crippen molar-refractivity contribution in [2.75, 3.05) is 0 Å². The van der Waals surface area contributed by atoms with Gasteiger partial charge in [0, 0.05) is 5.69 Å². The van der Waals surface area contributed by atoms with Gasteiger partial charge in [-0.15, -0.1) is 0 Å². The summed E-state index contributed by atoms with van der Waals surface area (Å²) in [7, 11) is 0. The van der Waals surface area contributed by atoms with E-state index in [2.05, 4.69) is 37.9 Å². The highest BCUT2D eigenvalue weighted by molar-refractivity contribution is 6.30. The van der Waals surface area contributed by atoms with Crippen LogP contribution in [0.4, 0.5) is 0 Å². The summed E-state index contributed by atoms with van der Waals surface area (Å²) in [4.78, 5) is 4.31. The fraction of sp³-hybridized carbons (Fsp3) is 0.500. The Bertz CT molecular complexity index is 269. The van der Waals surface area contributed by atoms with Crippen molar-refractivity contribution in [2.45, 2.75) is 33.1 Å². The lowest BCUT2D eigenvalue weighted by molar-refractivity contribution is 0.819. The summed E-state index contributed by atoms with van der Waals surface area (Å²) < 4.78 is 0. The highest BCUT2D eigenvalue weighted by Gasteiger charge is 2.04. The molecule has 0 aliphatic carbocycles. The number of pyridine rings is 1. The number of hydrogen-bond acceptors (Lipinski definition) is 1. The minimum absolute atomic E-state index is 0.452. The van der Waals surface area contributed by atoms with E-state index in [4.69, 9.17) is 11.6 Å². The van der Waals surface area contributed by atoms with Crippen LogP contribution < -0.4 is 0 Å². The first-order valence-electron chi connectivity index (χ1n) is 4.30. The Balaban J connectivity index is 3.02. The van der Waals surface area contributed by atoms with Crippen LogP contribution in [0.25, 0.3) is 0 Å². The third kappa shape index (κ3) is 1.98. The van der Waals surface area contributed by atoms with Crippen LogP contribution in [0.5, 0.6) is 0 Å². The van der Waals surface area contributed by atoms with Gasteiger partial charge in [0.2, 0.25) is 0 Å². The maximum atomic E-state index is 5.96. The lowest BCUT2D eigenvalue weighted by atomic mass is 10.1. The van der Waals surface area contributed by atoms with E-state index in [1.54, 1.807) is 0 Å². The standard InChI is InChI=1S/C10H14ClN/c1-4-8-5-6-9(7(2)3)12-10(8)11/h5-7H,4H2,1-3H3. The van der Waals surface area contributed by atoms with E-state index in [1.165, 1.54) is 0 Å². The normalized spacial score (nSPS) is 10.8. The molecule has 0 aliphatic heterocycles. The van der Waals surface area contributed by atoms with Crippen LogP contribution >= 0.6 is 11.6 Å². The molecule has 0 N–H and O–H groups in total. The van der Waals surface area contributed by atoms with E-state index in [-0.39, 0.29) is 0 Å². The molecular formula is C10H14ClN. The molecule has 66 valence electrons. The number of halogens is 1. The van der Waals surface area contributed by atoms with Crippen LogP contribution in [0.3, 0.4) is 0 Å². The van der Waals surface area contributed by atoms with E-state index in [1.807, 2.05) is 0 Å². The van der Waals surface area contributed by atoms with Crippen LogP contribution in [0, 0.1) is 0 Å². The van der Waals surface area contributed by atoms with Crippen molar-refractivity contribution < 1.29 is 0 Å². The van der Waals surface area contributed by atoms with Gasteiger partial charge in [0.1, 0.15) is 5.15 Å². The summed E-state index contributed by atoms with van der Waals surface area (Å²) in [5.41, 5.74) is 2.19. The summed E-state index contributed by atoms with van der Waals surface area (Å²) >= 11 is 5.96. The van der Waals surface area contributed by atoms with Crippen LogP contribution in [-0.2, 0) is 6.42 Å². The summed E-state index contributed by atoms with van der Waals surface area (Å²) in [6.07, 6.45) is 0.949. The molecule has 0 saturated carbocycles. The van der Waals surface area contributed by atoms with Gasteiger partial charge >= 0.3 is 0 Å². The van der Waals surface area contributed by atoms with Gasteiger partial charge in [-0.1, -0.05) is 38.4 Å². The maximum Gasteiger partial charge on any atom is 0.132 e. The van der Waals surface area contributed by atoms with Crippen molar-refractivity contribution in [1.82, 2.24) is 4.98 Å². The Morgan fingerprint density at radius 2 is 2.08 bits per heavy atom. The molecule has 2 heteroatoms. The van der Waals surface area contributed by atoms with Crippen molar-refractivity contribution in [2.24, 2.45) is 0 Å². The number of aryl methyl sites for hydroxylation is 1.